The zero-order valence-corrected chi connectivity index (χ0v) is 20.8. The minimum atomic E-state index is -1.60. The molecule has 0 spiro atoms. The first kappa shape index (κ1) is 26.6. The molecule has 196 valence electrons. The maximum atomic E-state index is 13.7. The van der Waals surface area contributed by atoms with Crippen molar-refractivity contribution >= 4 is 10.9 Å². The van der Waals surface area contributed by atoms with Crippen molar-refractivity contribution in [3.8, 4) is 11.3 Å². The number of hydrogen-bond acceptors (Lipinski definition) is 7. The lowest BCUT2D eigenvalue weighted by molar-refractivity contribution is 0.00570. The number of benzene rings is 1. The van der Waals surface area contributed by atoms with Crippen LogP contribution in [-0.2, 0) is 0 Å². The van der Waals surface area contributed by atoms with Gasteiger partial charge in [0.25, 0.3) is 0 Å². The summed E-state index contributed by atoms with van der Waals surface area (Å²) in [5, 5.41) is 50.4. The summed E-state index contributed by atoms with van der Waals surface area (Å²) in [6, 6.07) is 4.13. The maximum absolute atomic E-state index is 13.7. The number of aryl methyl sites for hydroxylation is 1. The first-order valence-corrected chi connectivity index (χ1v) is 13.0. The highest BCUT2D eigenvalue weighted by molar-refractivity contribution is 8.18. The van der Waals surface area contributed by atoms with Crippen LogP contribution in [0.2, 0.25) is 0 Å². The van der Waals surface area contributed by atoms with Crippen LogP contribution in [0.25, 0.3) is 11.3 Å². The van der Waals surface area contributed by atoms with Crippen LogP contribution in [0.15, 0.2) is 36.7 Å². The fraction of sp³-hybridized carbons (Fsp3) is 0.458. The Hall–Kier alpha value is -2.51. The van der Waals surface area contributed by atoms with Gasteiger partial charge in [0.2, 0.25) is 0 Å². The number of halogens is 3. The molecule has 0 aliphatic carbocycles. The standard InChI is InChI=1S/C24H29F3N4O4S/c1-12-14(5-4-6-28-12)23(24(2,3)35)36-11-18(33)21(22(34)19(36)10-32)31-9-17(29-30-31)13-7-15(25)20(27)16(26)8-13/h4-9,18-19,21-23,32-36H,10-11H2,1-3H3/t18-,19+,21-,22-,23+/m0/s1. The van der Waals surface area contributed by atoms with Crippen molar-refractivity contribution in [2.75, 3.05) is 12.4 Å². The lowest BCUT2D eigenvalue weighted by atomic mass is 9.97. The van der Waals surface area contributed by atoms with Crippen LogP contribution in [0.5, 0.6) is 0 Å². The fourth-order valence-corrected chi connectivity index (χ4v) is 8.69. The third-order valence-electron chi connectivity index (χ3n) is 6.59. The molecule has 6 atom stereocenters. The van der Waals surface area contributed by atoms with Crippen molar-refractivity contribution in [1.29, 1.82) is 0 Å². The molecule has 36 heavy (non-hydrogen) atoms. The largest absolute Gasteiger partial charge is 0.395 e. The zero-order chi connectivity index (χ0) is 26.4. The van der Waals surface area contributed by atoms with Gasteiger partial charge in [-0.2, -0.15) is 0 Å². The van der Waals surface area contributed by atoms with Gasteiger partial charge in [-0.05, 0) is 44.5 Å². The molecule has 1 aliphatic heterocycles. The van der Waals surface area contributed by atoms with Gasteiger partial charge >= 0.3 is 0 Å². The van der Waals surface area contributed by atoms with Gasteiger partial charge in [-0.3, -0.25) is 4.98 Å². The number of thiol groups is 1. The summed E-state index contributed by atoms with van der Waals surface area (Å²) >= 11 is 0. The summed E-state index contributed by atoms with van der Waals surface area (Å²) in [6.45, 7) is 4.71. The van der Waals surface area contributed by atoms with E-state index in [1.54, 1.807) is 26.1 Å². The Morgan fingerprint density at radius 3 is 2.44 bits per heavy atom. The van der Waals surface area contributed by atoms with Crippen molar-refractivity contribution in [2.45, 2.75) is 55.1 Å². The normalized spacial score (nSPS) is 26.7. The predicted molar refractivity (Wildman–Crippen MR) is 129 cm³/mol. The molecule has 0 radical (unpaired) electrons. The maximum Gasteiger partial charge on any atom is 0.194 e. The second-order valence-corrected chi connectivity index (χ2v) is 12.1. The molecule has 1 aliphatic rings. The summed E-state index contributed by atoms with van der Waals surface area (Å²) in [5.74, 6) is -4.20. The van der Waals surface area contributed by atoms with E-state index < -0.39 is 69.3 Å². The van der Waals surface area contributed by atoms with Crippen molar-refractivity contribution in [3.05, 3.63) is 65.4 Å². The molecule has 1 saturated heterocycles. The molecule has 3 aromatic rings. The van der Waals surface area contributed by atoms with Gasteiger partial charge in [-0.15, -0.1) is 5.10 Å². The van der Waals surface area contributed by atoms with Crippen molar-refractivity contribution < 1.29 is 33.6 Å². The first-order chi connectivity index (χ1) is 16.9. The minimum absolute atomic E-state index is 0.0148. The molecule has 4 N–H and O–H groups in total. The van der Waals surface area contributed by atoms with Crippen molar-refractivity contribution in [3.63, 3.8) is 0 Å². The van der Waals surface area contributed by atoms with E-state index in [4.69, 9.17) is 0 Å². The topological polar surface area (TPSA) is 125 Å². The van der Waals surface area contributed by atoms with E-state index in [9.17, 15) is 33.6 Å². The average Bonchev–Trinajstić information content (AvgIpc) is 3.27. The third-order valence-corrected chi connectivity index (χ3v) is 10.3. The molecule has 0 amide bonds. The van der Waals surface area contributed by atoms with Gasteiger partial charge < -0.3 is 20.4 Å². The smallest absolute Gasteiger partial charge is 0.194 e. The minimum Gasteiger partial charge on any atom is -0.395 e. The Morgan fingerprint density at radius 1 is 1.19 bits per heavy atom. The summed E-state index contributed by atoms with van der Waals surface area (Å²) in [6.07, 6.45) is 0.526. The molecule has 2 aromatic heterocycles. The van der Waals surface area contributed by atoms with E-state index >= 15 is 0 Å². The van der Waals surface area contributed by atoms with E-state index in [0.29, 0.717) is 5.69 Å². The van der Waals surface area contributed by atoms with Crippen LogP contribution in [0.1, 0.15) is 36.4 Å². The van der Waals surface area contributed by atoms with Crippen LogP contribution >= 0.6 is 10.9 Å². The second-order valence-electron chi connectivity index (χ2n) is 9.57. The lowest BCUT2D eigenvalue weighted by Crippen LogP contribution is -2.52. The molecular weight excluding hydrogens is 497 g/mol. The highest BCUT2D eigenvalue weighted by atomic mass is 32.2. The van der Waals surface area contributed by atoms with Gasteiger partial charge in [0.1, 0.15) is 11.7 Å². The average molecular weight is 527 g/mol. The van der Waals surface area contributed by atoms with E-state index in [0.717, 1.165) is 17.7 Å². The van der Waals surface area contributed by atoms with Gasteiger partial charge in [0.05, 0.1) is 30.6 Å². The molecule has 8 nitrogen and oxygen atoms in total. The molecule has 1 aromatic carbocycles. The Balaban J connectivity index is 1.68. The van der Waals surface area contributed by atoms with Gasteiger partial charge in [-0.1, -0.05) is 11.3 Å². The molecule has 4 rings (SSSR count). The van der Waals surface area contributed by atoms with E-state index in [1.165, 1.54) is 10.9 Å². The molecular formula is C24H29F3N4O4S. The number of aromatic nitrogens is 4. The molecule has 12 heteroatoms. The van der Waals surface area contributed by atoms with Crippen molar-refractivity contribution in [2.24, 2.45) is 0 Å². The summed E-state index contributed by atoms with van der Waals surface area (Å²) in [7, 11) is -1.37. The molecule has 1 unspecified atom stereocenters. The summed E-state index contributed by atoms with van der Waals surface area (Å²) in [4.78, 5) is 4.32. The van der Waals surface area contributed by atoms with Gasteiger partial charge in [0.15, 0.2) is 17.5 Å². The quantitative estimate of drug-likeness (QED) is 0.246. The third kappa shape index (κ3) is 4.88. The van der Waals surface area contributed by atoms with E-state index in [1.807, 2.05) is 13.0 Å². The predicted octanol–water partition coefficient (Wildman–Crippen LogP) is 2.22. The molecule has 0 saturated carbocycles. The SMILES string of the molecule is Cc1ncccc1[C@@H]([SH]1C[C@H](O)[C@H](n2cc(-c3cc(F)c(F)c(F)c3)nn2)[C@@H](O)[C@H]1CO)C(C)(C)O. The van der Waals surface area contributed by atoms with Gasteiger partial charge in [0, 0.05) is 33.7 Å². The Labute approximate surface area is 208 Å². The first-order valence-electron chi connectivity index (χ1n) is 11.4. The second kappa shape index (κ2) is 10.1. The van der Waals surface area contributed by atoms with Gasteiger partial charge in [-0.25, -0.2) is 28.7 Å². The van der Waals surface area contributed by atoms with Crippen LogP contribution < -0.4 is 0 Å². The highest BCUT2D eigenvalue weighted by Crippen LogP contribution is 2.57. The zero-order valence-electron chi connectivity index (χ0n) is 19.9. The Bertz CT molecular complexity index is 1220. The number of aliphatic hydroxyl groups excluding tert-OH is 3. The lowest BCUT2D eigenvalue weighted by Gasteiger charge is -2.50. The number of rotatable bonds is 6. The molecule has 3 heterocycles. The van der Waals surface area contributed by atoms with Crippen molar-refractivity contribution in [1.82, 2.24) is 20.0 Å². The van der Waals surface area contributed by atoms with Crippen LogP contribution in [-0.4, -0.2) is 75.8 Å². The Morgan fingerprint density at radius 2 is 1.86 bits per heavy atom. The molecule has 1 fully saturated rings. The Kier molecular flexibility index (Phi) is 7.45. The summed E-state index contributed by atoms with van der Waals surface area (Å²) < 4.78 is 41.9. The molecule has 0 bridgehead atoms. The fourth-order valence-electron chi connectivity index (χ4n) is 4.96. The van der Waals surface area contributed by atoms with Crippen LogP contribution in [0.3, 0.4) is 0 Å². The number of hydrogen-bond donors (Lipinski definition) is 5. The monoisotopic (exact) mass is 526 g/mol. The highest BCUT2D eigenvalue weighted by Gasteiger charge is 2.49. The van der Waals surface area contributed by atoms with E-state index in [-0.39, 0.29) is 17.0 Å². The van der Waals surface area contributed by atoms with Crippen LogP contribution in [0.4, 0.5) is 13.2 Å². The number of aliphatic hydroxyl groups is 4. The number of nitrogens with zero attached hydrogens (tertiary/aromatic N) is 4. The summed E-state index contributed by atoms with van der Waals surface area (Å²) in [5.41, 5.74) is 0.190. The van der Waals surface area contributed by atoms with E-state index in [2.05, 4.69) is 15.3 Å². The van der Waals surface area contributed by atoms with Crippen LogP contribution in [0, 0.1) is 24.4 Å². The number of pyridine rings is 1.